The number of nitrogens with zero attached hydrogens (tertiary/aromatic N) is 1. The van der Waals surface area contributed by atoms with Gasteiger partial charge in [0.1, 0.15) is 6.04 Å². The normalized spacial score (nSPS) is 18.3. The third-order valence-electron chi connectivity index (χ3n) is 3.75. The van der Waals surface area contributed by atoms with E-state index >= 15 is 0 Å². The molecule has 0 saturated carbocycles. The smallest absolute Gasteiger partial charge is 0.335 e. The number of nitrogens with one attached hydrogen (secondary N) is 1. The van der Waals surface area contributed by atoms with Gasteiger partial charge in [0.2, 0.25) is 11.8 Å². The van der Waals surface area contributed by atoms with Crippen LogP contribution in [0.5, 0.6) is 0 Å². The summed E-state index contributed by atoms with van der Waals surface area (Å²) >= 11 is 0. The minimum absolute atomic E-state index is 0.0301. The van der Waals surface area contributed by atoms with Crippen LogP contribution in [0.25, 0.3) is 6.08 Å². The highest BCUT2D eigenvalue weighted by Crippen LogP contribution is 2.15. The Bertz CT molecular complexity index is 634. The van der Waals surface area contributed by atoms with E-state index in [4.69, 9.17) is 5.11 Å². The predicted molar refractivity (Wildman–Crippen MR) is 85.8 cm³/mol. The van der Waals surface area contributed by atoms with Crippen molar-refractivity contribution in [2.24, 2.45) is 5.92 Å². The fourth-order valence-electron chi connectivity index (χ4n) is 2.59. The molecule has 1 fully saturated rings. The lowest BCUT2D eigenvalue weighted by Gasteiger charge is -2.36. The molecule has 0 radical (unpaired) electrons. The van der Waals surface area contributed by atoms with Crippen LogP contribution in [0.1, 0.15) is 29.8 Å². The van der Waals surface area contributed by atoms with E-state index in [-0.39, 0.29) is 23.3 Å². The number of hydrogen-bond acceptors (Lipinski definition) is 3. The molecule has 2 N–H and O–H groups in total. The van der Waals surface area contributed by atoms with E-state index in [1.54, 1.807) is 23.1 Å². The van der Waals surface area contributed by atoms with Crippen LogP contribution in [0.15, 0.2) is 30.3 Å². The van der Waals surface area contributed by atoms with Crippen molar-refractivity contribution >= 4 is 23.9 Å². The highest BCUT2D eigenvalue weighted by atomic mass is 16.4. The molecule has 122 valence electrons. The maximum absolute atomic E-state index is 12.4. The Morgan fingerprint density at radius 1 is 1.30 bits per heavy atom. The van der Waals surface area contributed by atoms with Gasteiger partial charge in [-0.3, -0.25) is 9.59 Å². The topological polar surface area (TPSA) is 86.7 Å². The van der Waals surface area contributed by atoms with Crippen LogP contribution >= 0.6 is 0 Å². The molecule has 1 aliphatic heterocycles. The molecule has 1 atom stereocenters. The molecule has 0 bridgehead atoms. The molecule has 1 aliphatic rings. The zero-order valence-corrected chi connectivity index (χ0v) is 13.2. The summed E-state index contributed by atoms with van der Waals surface area (Å²) in [6.45, 7) is 4.75. The number of aromatic carboxylic acids is 1. The van der Waals surface area contributed by atoms with E-state index < -0.39 is 12.0 Å². The van der Waals surface area contributed by atoms with Gasteiger partial charge in [-0.1, -0.05) is 26.0 Å². The van der Waals surface area contributed by atoms with Gasteiger partial charge in [0.05, 0.1) is 5.56 Å². The third kappa shape index (κ3) is 3.97. The molecule has 0 aromatic heterocycles. The predicted octanol–water partition coefficient (Wildman–Crippen LogP) is 1.38. The first-order valence-electron chi connectivity index (χ1n) is 7.50. The number of piperazine rings is 1. The van der Waals surface area contributed by atoms with Gasteiger partial charge in [0.25, 0.3) is 0 Å². The highest BCUT2D eigenvalue weighted by Gasteiger charge is 2.34. The third-order valence-corrected chi connectivity index (χ3v) is 3.75. The fraction of sp³-hybridized carbons (Fsp3) is 0.353. The monoisotopic (exact) mass is 316 g/mol. The molecule has 1 heterocycles. The number of benzene rings is 1. The van der Waals surface area contributed by atoms with E-state index in [0.717, 1.165) is 5.56 Å². The fourth-order valence-corrected chi connectivity index (χ4v) is 2.59. The highest BCUT2D eigenvalue weighted by molar-refractivity contribution is 5.96. The standard InChI is InChI=1S/C17H20N2O4/c1-11(2)15-16(21)18-9-10-19(15)14(20)8-5-12-3-6-13(7-4-12)17(22)23/h3-8,11,15H,9-10H2,1-2H3,(H,18,21)(H,22,23). The summed E-state index contributed by atoms with van der Waals surface area (Å²) in [6, 6.07) is 5.78. The quantitative estimate of drug-likeness (QED) is 0.822. The average molecular weight is 316 g/mol. The van der Waals surface area contributed by atoms with Crippen LogP contribution in [0.3, 0.4) is 0 Å². The first kappa shape index (κ1) is 16.7. The Labute approximate surface area is 134 Å². The van der Waals surface area contributed by atoms with Gasteiger partial charge in [-0.15, -0.1) is 0 Å². The van der Waals surface area contributed by atoms with E-state index in [1.165, 1.54) is 18.2 Å². The summed E-state index contributed by atoms with van der Waals surface area (Å²) < 4.78 is 0. The lowest BCUT2D eigenvalue weighted by Crippen LogP contribution is -2.58. The summed E-state index contributed by atoms with van der Waals surface area (Å²) in [5.74, 6) is -1.31. The number of carboxylic acid groups (broad SMARTS) is 1. The van der Waals surface area contributed by atoms with Crippen LogP contribution < -0.4 is 5.32 Å². The number of carbonyl (C=O) groups excluding carboxylic acids is 2. The van der Waals surface area contributed by atoms with Gasteiger partial charge in [-0.05, 0) is 29.7 Å². The largest absolute Gasteiger partial charge is 0.478 e. The Balaban J connectivity index is 2.10. The molecule has 6 heteroatoms. The maximum Gasteiger partial charge on any atom is 0.335 e. The molecule has 0 aliphatic carbocycles. The second kappa shape index (κ2) is 7.09. The van der Waals surface area contributed by atoms with Crippen molar-refractivity contribution in [3.63, 3.8) is 0 Å². The van der Waals surface area contributed by atoms with Gasteiger partial charge in [-0.2, -0.15) is 0 Å². The van der Waals surface area contributed by atoms with Crippen molar-refractivity contribution in [2.45, 2.75) is 19.9 Å². The second-order valence-electron chi connectivity index (χ2n) is 5.77. The number of rotatable bonds is 4. The zero-order chi connectivity index (χ0) is 17.0. The lowest BCUT2D eigenvalue weighted by molar-refractivity contribution is -0.141. The Hall–Kier alpha value is -2.63. The number of amides is 2. The maximum atomic E-state index is 12.4. The van der Waals surface area contributed by atoms with Crippen molar-refractivity contribution in [3.05, 3.63) is 41.5 Å². The molecular weight excluding hydrogens is 296 g/mol. The minimum atomic E-state index is -0.990. The van der Waals surface area contributed by atoms with Gasteiger partial charge in [0, 0.05) is 19.2 Å². The molecule has 0 spiro atoms. The van der Waals surface area contributed by atoms with Gasteiger partial charge >= 0.3 is 5.97 Å². The molecular formula is C17H20N2O4. The molecule has 2 rings (SSSR count). The number of hydrogen-bond donors (Lipinski definition) is 2. The lowest BCUT2D eigenvalue weighted by atomic mass is 9.99. The SMILES string of the molecule is CC(C)C1C(=O)NCCN1C(=O)C=Cc1ccc(C(=O)O)cc1. The summed E-state index contributed by atoms with van der Waals surface area (Å²) in [7, 11) is 0. The molecule has 1 aromatic rings. The summed E-state index contributed by atoms with van der Waals surface area (Å²) in [5.41, 5.74) is 0.923. The van der Waals surface area contributed by atoms with Crippen molar-refractivity contribution in [2.75, 3.05) is 13.1 Å². The van der Waals surface area contributed by atoms with E-state index in [0.29, 0.717) is 13.1 Å². The van der Waals surface area contributed by atoms with E-state index in [1.807, 2.05) is 13.8 Å². The van der Waals surface area contributed by atoms with Crippen molar-refractivity contribution in [1.29, 1.82) is 0 Å². The minimum Gasteiger partial charge on any atom is -0.478 e. The Morgan fingerprint density at radius 2 is 1.96 bits per heavy atom. The molecule has 1 saturated heterocycles. The van der Waals surface area contributed by atoms with Crippen molar-refractivity contribution in [1.82, 2.24) is 10.2 Å². The number of carboxylic acids is 1. The summed E-state index contributed by atoms with van der Waals surface area (Å²) in [6.07, 6.45) is 3.04. The van der Waals surface area contributed by atoms with Gasteiger partial charge in [-0.25, -0.2) is 4.79 Å². The molecule has 1 unspecified atom stereocenters. The van der Waals surface area contributed by atoms with Crippen LogP contribution in [0.2, 0.25) is 0 Å². The first-order chi connectivity index (χ1) is 10.9. The van der Waals surface area contributed by atoms with E-state index in [2.05, 4.69) is 5.32 Å². The molecule has 6 nitrogen and oxygen atoms in total. The van der Waals surface area contributed by atoms with Crippen LogP contribution in [-0.2, 0) is 9.59 Å². The molecule has 1 aromatic carbocycles. The number of carbonyl (C=O) groups is 3. The van der Waals surface area contributed by atoms with Gasteiger partial charge < -0.3 is 15.3 Å². The molecule has 23 heavy (non-hydrogen) atoms. The Kier molecular flexibility index (Phi) is 5.16. The first-order valence-corrected chi connectivity index (χ1v) is 7.50. The van der Waals surface area contributed by atoms with E-state index in [9.17, 15) is 14.4 Å². The van der Waals surface area contributed by atoms with Crippen molar-refractivity contribution in [3.8, 4) is 0 Å². The summed E-state index contributed by atoms with van der Waals surface area (Å²) in [4.78, 5) is 36.7. The van der Waals surface area contributed by atoms with Gasteiger partial charge in [0.15, 0.2) is 0 Å². The zero-order valence-electron chi connectivity index (χ0n) is 13.2. The van der Waals surface area contributed by atoms with Crippen LogP contribution in [-0.4, -0.2) is 46.9 Å². The average Bonchev–Trinajstić information content (AvgIpc) is 2.52. The Morgan fingerprint density at radius 3 is 2.52 bits per heavy atom. The molecule has 2 amide bonds. The van der Waals surface area contributed by atoms with Crippen LogP contribution in [0, 0.1) is 5.92 Å². The van der Waals surface area contributed by atoms with Crippen molar-refractivity contribution < 1.29 is 19.5 Å². The van der Waals surface area contributed by atoms with Crippen LogP contribution in [0.4, 0.5) is 0 Å². The second-order valence-corrected chi connectivity index (χ2v) is 5.77. The summed E-state index contributed by atoms with van der Waals surface area (Å²) in [5, 5.41) is 11.6.